The van der Waals surface area contributed by atoms with E-state index in [0.717, 1.165) is 5.57 Å². The van der Waals surface area contributed by atoms with Crippen LogP contribution in [0.4, 0.5) is 0 Å². The third-order valence-corrected chi connectivity index (χ3v) is 12.7. The highest BCUT2D eigenvalue weighted by Crippen LogP contribution is 2.54. The van der Waals surface area contributed by atoms with Gasteiger partial charge in [-0.1, -0.05) is 161 Å². The van der Waals surface area contributed by atoms with E-state index in [0.29, 0.717) is 0 Å². The summed E-state index contributed by atoms with van der Waals surface area (Å²) >= 11 is 0. The van der Waals surface area contributed by atoms with Gasteiger partial charge in [0.25, 0.3) is 0 Å². The van der Waals surface area contributed by atoms with E-state index < -0.39 is 0 Å². The molecule has 0 saturated carbocycles. The van der Waals surface area contributed by atoms with E-state index in [1.807, 2.05) is 0 Å². The van der Waals surface area contributed by atoms with Gasteiger partial charge in [0.15, 0.2) is 0 Å². The van der Waals surface area contributed by atoms with Crippen LogP contribution in [0.2, 0.25) is 0 Å². The highest BCUT2D eigenvalue weighted by molar-refractivity contribution is 6.23. The van der Waals surface area contributed by atoms with Crippen molar-refractivity contribution >= 4 is 27.1 Å². The minimum Gasteiger partial charge on any atom is -0.0958 e. The first kappa shape index (κ1) is 34.1. The largest absolute Gasteiger partial charge is 0.0958 e. The van der Waals surface area contributed by atoms with Gasteiger partial charge in [0.05, 0.1) is 0 Å². The lowest BCUT2D eigenvalue weighted by Crippen LogP contribution is -2.18. The molecule has 2 aliphatic carbocycles. The Morgan fingerprint density at radius 2 is 1.09 bits per heavy atom. The fourth-order valence-electron chi connectivity index (χ4n) is 10.2. The molecule has 0 aromatic heterocycles. The molecule has 0 spiro atoms. The summed E-state index contributed by atoms with van der Waals surface area (Å²) in [5.74, 6) is 0. The van der Waals surface area contributed by atoms with Gasteiger partial charge in [-0.05, 0) is 150 Å². The molecule has 0 fully saturated rings. The smallest absolute Gasteiger partial charge is 0.0161 e. The fourth-order valence-corrected chi connectivity index (χ4v) is 10.2. The van der Waals surface area contributed by atoms with Crippen LogP contribution in [0, 0.1) is 13.8 Å². The number of hydrogen-bond donors (Lipinski definition) is 0. The van der Waals surface area contributed by atoms with E-state index in [9.17, 15) is 0 Å². The highest BCUT2D eigenvalue weighted by atomic mass is 14.4. The Morgan fingerprint density at radius 3 is 1.78 bits per heavy atom. The molecular formula is C54H48. The quantitative estimate of drug-likeness (QED) is 0.157. The lowest BCUT2D eigenvalue weighted by Gasteiger charge is -2.26. The van der Waals surface area contributed by atoms with Gasteiger partial charge in [-0.25, -0.2) is 0 Å². The minimum absolute atomic E-state index is 0.0822. The molecule has 0 N–H and O–H groups in total. The van der Waals surface area contributed by atoms with Crippen LogP contribution >= 0.6 is 0 Å². The Bertz CT molecular complexity index is 2810. The number of fused-ring (bicyclic) bond motifs is 6. The van der Waals surface area contributed by atoms with E-state index in [1.54, 1.807) is 0 Å². The van der Waals surface area contributed by atoms with E-state index in [-0.39, 0.29) is 10.8 Å². The third-order valence-electron chi connectivity index (χ3n) is 12.7. The summed E-state index contributed by atoms with van der Waals surface area (Å²) in [7, 11) is 0. The molecule has 0 heterocycles. The van der Waals surface area contributed by atoms with Crippen LogP contribution in [0.1, 0.15) is 74.9 Å². The predicted octanol–water partition coefficient (Wildman–Crippen LogP) is 15.1. The van der Waals surface area contributed by atoms with Crippen LogP contribution < -0.4 is 0 Å². The van der Waals surface area contributed by atoms with E-state index >= 15 is 0 Å². The molecule has 7 aromatic rings. The third kappa shape index (κ3) is 4.75. The van der Waals surface area contributed by atoms with Gasteiger partial charge in [-0.3, -0.25) is 0 Å². The van der Waals surface area contributed by atoms with Crippen molar-refractivity contribution in [1.82, 2.24) is 0 Å². The molecule has 0 nitrogen and oxygen atoms in total. The molecule has 54 heavy (non-hydrogen) atoms. The molecule has 0 aliphatic heterocycles. The summed E-state index contributed by atoms with van der Waals surface area (Å²) < 4.78 is 0. The predicted molar refractivity (Wildman–Crippen MR) is 234 cm³/mol. The number of rotatable bonds is 5. The van der Waals surface area contributed by atoms with Crippen LogP contribution in [0.3, 0.4) is 0 Å². The summed E-state index contributed by atoms with van der Waals surface area (Å²) in [4.78, 5) is 0. The monoisotopic (exact) mass is 696 g/mol. The zero-order chi connectivity index (χ0) is 37.7. The standard InChI is InChI=1S/C54H48/c1-10-17-44-41-27-25-36(31-48(41)54(8,9)52(44)32(2)3)51-43-22-14-13-21-42(43)50(45-29-28-38(34(5)49(45)51)37-19-12-11-18-33(37)4)35-24-26-40-39-20-15-16-23-46(39)53(6,7)47(40)30-35/h10-31H,2H2,1,3-9H3. The second kappa shape index (κ2) is 12.2. The molecule has 264 valence electrons. The molecule has 9 rings (SSSR count). The zero-order valence-corrected chi connectivity index (χ0v) is 32.9. The van der Waals surface area contributed by atoms with Crippen LogP contribution in [0.25, 0.3) is 71.6 Å². The summed E-state index contributed by atoms with van der Waals surface area (Å²) in [6.45, 7) is 22.8. The SMILES string of the molecule is C=C(C)C1=C(C=CC)c2ccc(-c3c4ccccc4c(-c4ccc5c(c4)C(C)(C)c4ccccc4-5)c4ccc(-c5ccccc5C)c(C)c34)cc2C1(C)C. The van der Waals surface area contributed by atoms with Crippen molar-refractivity contribution in [3.63, 3.8) is 0 Å². The lowest BCUT2D eigenvalue weighted by atomic mass is 9.77. The Morgan fingerprint density at radius 1 is 0.537 bits per heavy atom. The van der Waals surface area contributed by atoms with Crippen molar-refractivity contribution in [2.24, 2.45) is 0 Å². The van der Waals surface area contributed by atoms with Crippen molar-refractivity contribution in [3.8, 4) is 44.5 Å². The topological polar surface area (TPSA) is 0 Å². The Kier molecular flexibility index (Phi) is 7.67. The first-order chi connectivity index (χ1) is 25.9. The van der Waals surface area contributed by atoms with Gasteiger partial charge in [0.2, 0.25) is 0 Å². The number of aryl methyl sites for hydroxylation is 2. The van der Waals surface area contributed by atoms with Crippen LogP contribution in [-0.2, 0) is 10.8 Å². The van der Waals surface area contributed by atoms with E-state index in [2.05, 4.69) is 195 Å². The van der Waals surface area contributed by atoms with Crippen LogP contribution in [0.15, 0.2) is 151 Å². The molecule has 0 saturated heterocycles. The van der Waals surface area contributed by atoms with Crippen molar-refractivity contribution in [1.29, 1.82) is 0 Å². The van der Waals surface area contributed by atoms with Gasteiger partial charge >= 0.3 is 0 Å². The second-order valence-corrected chi connectivity index (χ2v) is 16.7. The van der Waals surface area contributed by atoms with Crippen molar-refractivity contribution in [2.75, 3.05) is 0 Å². The van der Waals surface area contributed by atoms with Gasteiger partial charge < -0.3 is 0 Å². The maximum Gasteiger partial charge on any atom is 0.0161 e. The molecule has 2 aliphatic rings. The fraction of sp³-hybridized carbons (Fsp3) is 0.185. The maximum absolute atomic E-state index is 4.46. The molecule has 0 heteroatoms. The summed E-state index contributed by atoms with van der Waals surface area (Å²) in [6.07, 6.45) is 4.43. The number of benzene rings is 7. The van der Waals surface area contributed by atoms with E-state index in [4.69, 9.17) is 0 Å². The molecule has 0 unspecified atom stereocenters. The Balaban J connectivity index is 1.38. The normalized spacial score (nSPS) is 15.3. The summed E-state index contributed by atoms with van der Waals surface area (Å²) in [5, 5.41) is 5.18. The maximum atomic E-state index is 4.46. The lowest BCUT2D eigenvalue weighted by molar-refractivity contribution is 0.646. The molecular weight excluding hydrogens is 649 g/mol. The minimum atomic E-state index is -0.173. The molecule has 0 bridgehead atoms. The average Bonchev–Trinajstić information content (AvgIpc) is 3.53. The average molecular weight is 697 g/mol. The Hall–Kier alpha value is -5.72. The van der Waals surface area contributed by atoms with Gasteiger partial charge in [0.1, 0.15) is 0 Å². The van der Waals surface area contributed by atoms with Crippen LogP contribution in [-0.4, -0.2) is 0 Å². The molecule has 7 aromatic carbocycles. The number of hydrogen-bond acceptors (Lipinski definition) is 0. The summed E-state index contributed by atoms with van der Waals surface area (Å²) in [6, 6.07) is 46.1. The summed E-state index contributed by atoms with van der Waals surface area (Å²) in [5.41, 5.74) is 22.0. The van der Waals surface area contributed by atoms with Gasteiger partial charge in [-0.15, -0.1) is 0 Å². The van der Waals surface area contributed by atoms with E-state index in [1.165, 1.54) is 111 Å². The molecule has 0 amide bonds. The zero-order valence-electron chi connectivity index (χ0n) is 32.9. The number of allylic oxidation sites excluding steroid dienone is 5. The van der Waals surface area contributed by atoms with Crippen molar-refractivity contribution in [3.05, 3.63) is 185 Å². The van der Waals surface area contributed by atoms with Crippen LogP contribution in [0.5, 0.6) is 0 Å². The molecule has 0 radical (unpaired) electrons. The molecule has 0 atom stereocenters. The Labute approximate surface area is 321 Å². The highest BCUT2D eigenvalue weighted by Gasteiger charge is 2.38. The van der Waals surface area contributed by atoms with Gasteiger partial charge in [-0.2, -0.15) is 0 Å². The second-order valence-electron chi connectivity index (χ2n) is 16.7. The first-order valence-electron chi connectivity index (χ1n) is 19.4. The van der Waals surface area contributed by atoms with Gasteiger partial charge in [0, 0.05) is 10.8 Å². The first-order valence-corrected chi connectivity index (χ1v) is 19.4. The van der Waals surface area contributed by atoms with Crippen molar-refractivity contribution < 1.29 is 0 Å². The van der Waals surface area contributed by atoms with Crippen molar-refractivity contribution in [2.45, 2.75) is 66.2 Å².